The molecule has 0 radical (unpaired) electrons. The van der Waals surface area contributed by atoms with Gasteiger partial charge in [0.15, 0.2) is 12.2 Å². The molecule has 0 aromatic heterocycles. The van der Waals surface area contributed by atoms with Crippen molar-refractivity contribution >= 4 is 18.9 Å². The van der Waals surface area contributed by atoms with Gasteiger partial charge in [-0.1, -0.05) is 97.1 Å². The standard InChI is InChI=1S/C38H32O7/c1-26-20-31(17-19-33(26)38(41)42-2)30-14-9-15-32(22-30)43-23-27-16-18-34(36(44-24-39)28-10-5-3-6-11-28)35(21-27)37(45-25-40)29-12-7-4-8-13-29/h3-22,24-25,36-37H,23H2,1-2H3. The minimum atomic E-state index is -0.750. The highest BCUT2D eigenvalue weighted by Crippen LogP contribution is 2.36. The van der Waals surface area contributed by atoms with E-state index in [1.165, 1.54) is 7.11 Å². The Kier molecular flexibility index (Phi) is 10.0. The summed E-state index contributed by atoms with van der Waals surface area (Å²) in [6.45, 7) is 2.95. The Balaban J connectivity index is 1.47. The minimum absolute atomic E-state index is 0.226. The maximum absolute atomic E-state index is 12.0. The minimum Gasteiger partial charge on any atom is -0.489 e. The van der Waals surface area contributed by atoms with Gasteiger partial charge in [-0.3, -0.25) is 9.59 Å². The molecule has 0 heterocycles. The SMILES string of the molecule is COC(=O)c1ccc(-c2cccc(OCc3ccc(C(OC=O)c4ccccc4)c(C(OC=O)c4ccccc4)c3)c2)cc1C. The molecule has 0 bridgehead atoms. The number of hydrogen-bond acceptors (Lipinski definition) is 7. The van der Waals surface area contributed by atoms with Crippen LogP contribution in [0.25, 0.3) is 11.1 Å². The predicted molar refractivity (Wildman–Crippen MR) is 170 cm³/mol. The number of ether oxygens (including phenoxy) is 4. The van der Waals surface area contributed by atoms with Crippen molar-refractivity contribution in [3.05, 3.63) is 160 Å². The third-order valence-corrected chi connectivity index (χ3v) is 7.51. The first kappa shape index (κ1) is 30.8. The van der Waals surface area contributed by atoms with Crippen LogP contribution >= 0.6 is 0 Å². The molecule has 0 amide bonds. The van der Waals surface area contributed by atoms with Gasteiger partial charge >= 0.3 is 5.97 Å². The van der Waals surface area contributed by atoms with Crippen molar-refractivity contribution in [2.24, 2.45) is 0 Å². The Morgan fingerprint density at radius 1 is 0.667 bits per heavy atom. The summed E-state index contributed by atoms with van der Waals surface area (Å²) >= 11 is 0. The van der Waals surface area contributed by atoms with E-state index in [0.717, 1.165) is 33.4 Å². The van der Waals surface area contributed by atoms with Crippen molar-refractivity contribution in [2.75, 3.05) is 7.11 Å². The highest BCUT2D eigenvalue weighted by Gasteiger charge is 2.26. The average molecular weight is 601 g/mol. The second-order valence-electron chi connectivity index (χ2n) is 10.3. The third-order valence-electron chi connectivity index (χ3n) is 7.51. The largest absolute Gasteiger partial charge is 0.489 e. The lowest BCUT2D eigenvalue weighted by Crippen LogP contribution is -2.14. The molecule has 2 unspecified atom stereocenters. The van der Waals surface area contributed by atoms with Crippen LogP contribution in [-0.4, -0.2) is 26.0 Å². The Bertz CT molecular complexity index is 1770. The second kappa shape index (κ2) is 14.7. The molecular formula is C38H32O7. The van der Waals surface area contributed by atoms with E-state index in [0.29, 0.717) is 35.4 Å². The van der Waals surface area contributed by atoms with Gasteiger partial charge in [0.2, 0.25) is 0 Å². The van der Waals surface area contributed by atoms with E-state index in [1.54, 1.807) is 6.07 Å². The molecule has 45 heavy (non-hydrogen) atoms. The van der Waals surface area contributed by atoms with Gasteiger partial charge in [-0.2, -0.15) is 0 Å². The fourth-order valence-corrected chi connectivity index (χ4v) is 5.32. The summed E-state index contributed by atoms with van der Waals surface area (Å²) in [5.41, 5.74) is 6.93. The number of benzene rings is 5. The fraction of sp³-hybridized carbons (Fsp3) is 0.132. The van der Waals surface area contributed by atoms with Crippen molar-refractivity contribution in [2.45, 2.75) is 25.7 Å². The molecule has 5 aromatic carbocycles. The van der Waals surface area contributed by atoms with E-state index in [-0.39, 0.29) is 12.6 Å². The van der Waals surface area contributed by atoms with E-state index >= 15 is 0 Å². The zero-order valence-corrected chi connectivity index (χ0v) is 24.9. The highest BCUT2D eigenvalue weighted by atomic mass is 16.5. The summed E-state index contributed by atoms with van der Waals surface area (Å²) in [5, 5.41) is 0. The molecule has 0 fully saturated rings. The molecule has 2 atom stereocenters. The summed E-state index contributed by atoms with van der Waals surface area (Å²) in [7, 11) is 1.37. The number of hydrogen-bond donors (Lipinski definition) is 0. The molecule has 0 saturated carbocycles. The van der Waals surface area contributed by atoms with E-state index in [2.05, 4.69) is 0 Å². The van der Waals surface area contributed by atoms with Crippen LogP contribution in [0.1, 0.15) is 55.9 Å². The van der Waals surface area contributed by atoms with Crippen molar-refractivity contribution in [3.8, 4) is 16.9 Å². The van der Waals surface area contributed by atoms with Gasteiger partial charge in [-0.05, 0) is 64.6 Å². The van der Waals surface area contributed by atoms with Crippen molar-refractivity contribution < 1.29 is 33.3 Å². The number of rotatable bonds is 13. The zero-order chi connectivity index (χ0) is 31.6. The molecule has 0 aliphatic carbocycles. The fourth-order valence-electron chi connectivity index (χ4n) is 5.32. The molecule has 0 aliphatic heterocycles. The van der Waals surface area contributed by atoms with Gasteiger partial charge in [0.05, 0.1) is 12.7 Å². The molecule has 0 spiro atoms. The molecule has 226 valence electrons. The van der Waals surface area contributed by atoms with Crippen molar-refractivity contribution in [1.82, 2.24) is 0 Å². The average Bonchev–Trinajstić information content (AvgIpc) is 3.09. The van der Waals surface area contributed by atoms with Crippen LogP contribution in [0.3, 0.4) is 0 Å². The first-order valence-electron chi connectivity index (χ1n) is 14.4. The molecular weight excluding hydrogens is 568 g/mol. The summed E-state index contributed by atoms with van der Waals surface area (Å²) in [5.74, 6) is 0.283. The van der Waals surface area contributed by atoms with Gasteiger partial charge in [0, 0.05) is 11.1 Å². The molecule has 7 nitrogen and oxygen atoms in total. The van der Waals surface area contributed by atoms with Gasteiger partial charge in [0.25, 0.3) is 12.9 Å². The summed E-state index contributed by atoms with van der Waals surface area (Å²) in [6.07, 6.45) is -1.47. The van der Waals surface area contributed by atoms with E-state index in [4.69, 9.17) is 18.9 Å². The van der Waals surface area contributed by atoms with Crippen LogP contribution in [-0.2, 0) is 30.4 Å². The van der Waals surface area contributed by atoms with Crippen molar-refractivity contribution in [3.63, 3.8) is 0 Å². The van der Waals surface area contributed by atoms with Gasteiger partial charge < -0.3 is 18.9 Å². The topological polar surface area (TPSA) is 88.1 Å². The first-order chi connectivity index (χ1) is 22.0. The number of methoxy groups -OCH3 is 1. The van der Waals surface area contributed by atoms with Crippen LogP contribution in [0.15, 0.2) is 121 Å². The van der Waals surface area contributed by atoms with Crippen LogP contribution in [0.2, 0.25) is 0 Å². The van der Waals surface area contributed by atoms with Gasteiger partial charge in [0.1, 0.15) is 12.4 Å². The number of esters is 1. The molecule has 0 saturated heterocycles. The first-order valence-corrected chi connectivity index (χ1v) is 14.4. The van der Waals surface area contributed by atoms with E-state index < -0.39 is 12.2 Å². The monoisotopic (exact) mass is 600 g/mol. The normalized spacial score (nSPS) is 12.0. The third kappa shape index (κ3) is 7.28. The molecule has 5 aromatic rings. The van der Waals surface area contributed by atoms with Crippen molar-refractivity contribution in [1.29, 1.82) is 0 Å². The molecule has 5 rings (SSSR count). The lowest BCUT2D eigenvalue weighted by atomic mass is 9.89. The van der Waals surface area contributed by atoms with Crippen LogP contribution in [0, 0.1) is 6.92 Å². The van der Waals surface area contributed by atoms with E-state index in [9.17, 15) is 14.4 Å². The van der Waals surface area contributed by atoms with E-state index in [1.807, 2.05) is 122 Å². The van der Waals surface area contributed by atoms with Crippen LogP contribution < -0.4 is 4.74 Å². The smallest absolute Gasteiger partial charge is 0.338 e. The second-order valence-corrected chi connectivity index (χ2v) is 10.3. The molecule has 0 N–H and O–H groups in total. The molecule has 0 aliphatic rings. The maximum Gasteiger partial charge on any atom is 0.338 e. The Morgan fingerprint density at radius 3 is 1.89 bits per heavy atom. The number of carbonyl (C=O) groups excluding carboxylic acids is 3. The highest BCUT2D eigenvalue weighted by molar-refractivity contribution is 5.91. The predicted octanol–water partition coefficient (Wildman–Crippen LogP) is 7.55. The Labute approximate surface area is 262 Å². The van der Waals surface area contributed by atoms with Crippen LogP contribution in [0.5, 0.6) is 5.75 Å². The number of carbonyl (C=O) groups is 3. The summed E-state index contributed by atoms with van der Waals surface area (Å²) < 4.78 is 22.3. The lowest BCUT2D eigenvalue weighted by molar-refractivity contribution is -0.134. The molecule has 7 heteroatoms. The summed E-state index contributed by atoms with van der Waals surface area (Å²) in [6, 6.07) is 37.8. The summed E-state index contributed by atoms with van der Waals surface area (Å²) in [4.78, 5) is 35.4. The zero-order valence-electron chi connectivity index (χ0n) is 24.9. The van der Waals surface area contributed by atoms with Gasteiger partial charge in [-0.25, -0.2) is 4.79 Å². The van der Waals surface area contributed by atoms with Gasteiger partial charge in [-0.15, -0.1) is 0 Å². The van der Waals surface area contributed by atoms with Crippen LogP contribution in [0.4, 0.5) is 0 Å². The Morgan fingerprint density at radius 2 is 1.29 bits per heavy atom. The quantitative estimate of drug-likeness (QED) is 0.0783. The number of aryl methyl sites for hydroxylation is 1. The lowest BCUT2D eigenvalue weighted by Gasteiger charge is -2.25. The maximum atomic E-state index is 12.0. The Hall–Kier alpha value is -5.69.